The zero-order valence-electron chi connectivity index (χ0n) is 15.8. The van der Waals surface area contributed by atoms with E-state index in [1.54, 1.807) is 23.7 Å². The lowest BCUT2D eigenvalue weighted by molar-refractivity contribution is -0.116. The van der Waals surface area contributed by atoms with Crippen LogP contribution in [-0.2, 0) is 11.2 Å². The van der Waals surface area contributed by atoms with Crippen LogP contribution in [0.25, 0.3) is 11.3 Å². The first-order chi connectivity index (χ1) is 13.8. The average molecular weight is 393 g/mol. The van der Waals surface area contributed by atoms with Gasteiger partial charge in [0.2, 0.25) is 5.91 Å². The number of aryl methyl sites for hydroxylation is 1. The molecule has 28 heavy (non-hydrogen) atoms. The van der Waals surface area contributed by atoms with Gasteiger partial charge in [-0.15, -0.1) is 11.3 Å². The van der Waals surface area contributed by atoms with Crippen LogP contribution >= 0.6 is 11.3 Å². The first-order valence-electron chi connectivity index (χ1n) is 9.77. The number of nitrogens with one attached hydrogen (secondary N) is 1. The minimum atomic E-state index is 0.0198. The van der Waals surface area contributed by atoms with Crippen LogP contribution in [-0.4, -0.2) is 29.0 Å². The lowest BCUT2D eigenvalue weighted by atomic mass is 10.1. The van der Waals surface area contributed by atoms with Gasteiger partial charge in [-0.3, -0.25) is 9.78 Å². The largest absolute Gasteiger partial charge is 0.372 e. The summed E-state index contributed by atoms with van der Waals surface area (Å²) in [4.78, 5) is 23.4. The fraction of sp³-hybridized carbons (Fsp3) is 0.318. The maximum Gasteiger partial charge on any atom is 0.224 e. The van der Waals surface area contributed by atoms with E-state index in [-0.39, 0.29) is 5.91 Å². The number of benzene rings is 1. The van der Waals surface area contributed by atoms with E-state index >= 15 is 0 Å². The predicted molar refractivity (Wildman–Crippen MR) is 115 cm³/mol. The molecule has 1 N–H and O–H groups in total. The smallest absolute Gasteiger partial charge is 0.224 e. The summed E-state index contributed by atoms with van der Waals surface area (Å²) in [6, 6.07) is 12.1. The van der Waals surface area contributed by atoms with E-state index in [2.05, 4.69) is 32.3 Å². The summed E-state index contributed by atoms with van der Waals surface area (Å²) >= 11 is 1.59. The van der Waals surface area contributed by atoms with Crippen LogP contribution in [0.15, 0.2) is 54.2 Å². The van der Waals surface area contributed by atoms with Crippen molar-refractivity contribution >= 4 is 28.6 Å². The third-order valence-corrected chi connectivity index (χ3v) is 5.87. The molecule has 2 aromatic heterocycles. The molecule has 1 amide bonds. The van der Waals surface area contributed by atoms with Gasteiger partial charge >= 0.3 is 0 Å². The van der Waals surface area contributed by atoms with Gasteiger partial charge in [-0.2, -0.15) is 0 Å². The molecule has 0 atom stereocenters. The Hall–Kier alpha value is -2.73. The Balaban J connectivity index is 1.28. The summed E-state index contributed by atoms with van der Waals surface area (Å²) in [7, 11) is 0. The number of hydrogen-bond acceptors (Lipinski definition) is 5. The second-order valence-electron chi connectivity index (χ2n) is 7.01. The first-order valence-corrected chi connectivity index (χ1v) is 10.7. The molecule has 1 saturated heterocycles. The molecule has 0 bridgehead atoms. The molecular formula is C22H24N4OS. The minimum Gasteiger partial charge on any atom is -0.372 e. The Morgan fingerprint density at radius 2 is 1.79 bits per heavy atom. The number of rotatable bonds is 6. The monoisotopic (exact) mass is 392 g/mol. The van der Waals surface area contributed by atoms with E-state index in [0.29, 0.717) is 12.8 Å². The lowest BCUT2D eigenvalue weighted by Crippen LogP contribution is -2.29. The summed E-state index contributed by atoms with van der Waals surface area (Å²) in [6.07, 6.45) is 8.45. The van der Waals surface area contributed by atoms with Gasteiger partial charge in [0.25, 0.3) is 0 Å². The van der Waals surface area contributed by atoms with E-state index in [9.17, 15) is 4.79 Å². The number of anilines is 2. The number of carbonyl (C=O) groups is 1. The van der Waals surface area contributed by atoms with Crippen LogP contribution in [0, 0.1) is 0 Å². The number of amides is 1. The average Bonchev–Trinajstić information content (AvgIpc) is 3.23. The molecule has 1 fully saturated rings. The standard InChI is InChI=1S/C22H24N4OS/c27-21(8-9-22-25-20(16-28-22)17-10-12-23-13-11-17)24-18-4-6-19(7-5-18)26-14-2-1-3-15-26/h4-7,10-13,16H,1-3,8-9,14-15H2,(H,24,27). The summed E-state index contributed by atoms with van der Waals surface area (Å²) in [5.41, 5.74) is 4.08. The van der Waals surface area contributed by atoms with Crippen molar-refractivity contribution in [2.45, 2.75) is 32.1 Å². The van der Waals surface area contributed by atoms with Crippen molar-refractivity contribution in [1.29, 1.82) is 0 Å². The molecule has 144 valence electrons. The van der Waals surface area contributed by atoms with Crippen LogP contribution in [0.1, 0.15) is 30.7 Å². The van der Waals surface area contributed by atoms with Crippen molar-refractivity contribution in [3.8, 4) is 11.3 Å². The number of nitrogens with zero attached hydrogens (tertiary/aromatic N) is 3. The molecule has 0 spiro atoms. The van der Waals surface area contributed by atoms with Gasteiger partial charge in [-0.1, -0.05) is 0 Å². The number of aromatic nitrogens is 2. The first kappa shape index (κ1) is 18.6. The van der Waals surface area contributed by atoms with Gasteiger partial charge < -0.3 is 10.2 Å². The number of carbonyl (C=O) groups excluding carboxylic acids is 1. The number of pyridine rings is 1. The predicted octanol–water partition coefficient (Wildman–Crippen LogP) is 4.77. The van der Waals surface area contributed by atoms with Crippen LogP contribution in [0.4, 0.5) is 11.4 Å². The number of hydrogen-bond donors (Lipinski definition) is 1. The van der Waals surface area contributed by atoms with Crippen molar-refractivity contribution in [2.24, 2.45) is 0 Å². The molecule has 4 rings (SSSR count). The highest BCUT2D eigenvalue weighted by atomic mass is 32.1. The highest BCUT2D eigenvalue weighted by Crippen LogP contribution is 2.23. The maximum absolute atomic E-state index is 12.3. The molecular weight excluding hydrogens is 368 g/mol. The maximum atomic E-state index is 12.3. The number of thiazole rings is 1. The Kier molecular flexibility index (Phi) is 5.97. The zero-order valence-corrected chi connectivity index (χ0v) is 16.6. The van der Waals surface area contributed by atoms with E-state index in [0.717, 1.165) is 35.0 Å². The second kappa shape index (κ2) is 8.97. The van der Waals surface area contributed by atoms with Crippen LogP contribution in [0.5, 0.6) is 0 Å². The van der Waals surface area contributed by atoms with Crippen molar-refractivity contribution in [3.05, 3.63) is 59.2 Å². The molecule has 1 aliphatic rings. The van der Waals surface area contributed by atoms with Crippen molar-refractivity contribution in [3.63, 3.8) is 0 Å². The third kappa shape index (κ3) is 4.75. The van der Waals surface area contributed by atoms with E-state index in [1.165, 1.54) is 24.9 Å². The highest BCUT2D eigenvalue weighted by Gasteiger charge is 2.11. The van der Waals surface area contributed by atoms with Gasteiger partial charge in [-0.05, 0) is 55.7 Å². The van der Waals surface area contributed by atoms with E-state index < -0.39 is 0 Å². The minimum absolute atomic E-state index is 0.0198. The molecule has 0 radical (unpaired) electrons. The Morgan fingerprint density at radius 1 is 1.04 bits per heavy atom. The Labute approximate surface area is 169 Å². The highest BCUT2D eigenvalue weighted by molar-refractivity contribution is 7.09. The van der Waals surface area contributed by atoms with Gasteiger partial charge in [0.05, 0.1) is 10.7 Å². The summed E-state index contributed by atoms with van der Waals surface area (Å²) in [5.74, 6) is 0.0198. The molecule has 0 aliphatic carbocycles. The van der Waals surface area contributed by atoms with E-state index in [4.69, 9.17) is 0 Å². The molecule has 5 nitrogen and oxygen atoms in total. The quantitative estimate of drug-likeness (QED) is 0.657. The van der Waals surface area contributed by atoms with Crippen LogP contribution in [0.3, 0.4) is 0 Å². The summed E-state index contributed by atoms with van der Waals surface area (Å²) in [5, 5.41) is 6.00. The number of piperidine rings is 1. The Morgan fingerprint density at radius 3 is 2.54 bits per heavy atom. The van der Waals surface area contributed by atoms with Crippen molar-refractivity contribution in [2.75, 3.05) is 23.3 Å². The van der Waals surface area contributed by atoms with Gasteiger partial charge in [0, 0.05) is 60.6 Å². The van der Waals surface area contributed by atoms with Gasteiger partial charge in [-0.25, -0.2) is 4.98 Å². The van der Waals surface area contributed by atoms with Crippen LogP contribution in [0.2, 0.25) is 0 Å². The fourth-order valence-corrected chi connectivity index (χ4v) is 4.24. The normalized spacial score (nSPS) is 14.1. The third-order valence-electron chi connectivity index (χ3n) is 4.97. The topological polar surface area (TPSA) is 58.1 Å². The van der Waals surface area contributed by atoms with Crippen molar-refractivity contribution in [1.82, 2.24) is 9.97 Å². The molecule has 1 aliphatic heterocycles. The SMILES string of the molecule is O=C(CCc1nc(-c2ccncc2)cs1)Nc1ccc(N2CCCCC2)cc1. The fourth-order valence-electron chi connectivity index (χ4n) is 3.43. The van der Waals surface area contributed by atoms with E-state index in [1.807, 2.05) is 29.6 Å². The van der Waals surface area contributed by atoms with Gasteiger partial charge in [0.1, 0.15) is 0 Å². The summed E-state index contributed by atoms with van der Waals surface area (Å²) < 4.78 is 0. The molecule has 1 aromatic carbocycles. The zero-order chi connectivity index (χ0) is 19.2. The molecule has 3 heterocycles. The van der Waals surface area contributed by atoms with Crippen molar-refractivity contribution < 1.29 is 4.79 Å². The molecule has 0 saturated carbocycles. The lowest BCUT2D eigenvalue weighted by Gasteiger charge is -2.28. The molecule has 6 heteroatoms. The second-order valence-corrected chi connectivity index (χ2v) is 7.95. The summed E-state index contributed by atoms with van der Waals surface area (Å²) in [6.45, 7) is 2.25. The molecule has 0 unspecified atom stereocenters. The van der Waals surface area contributed by atoms with Crippen LogP contribution < -0.4 is 10.2 Å². The van der Waals surface area contributed by atoms with Gasteiger partial charge in [0.15, 0.2) is 0 Å². The Bertz CT molecular complexity index is 902. The molecule has 3 aromatic rings.